The predicted octanol–water partition coefficient (Wildman–Crippen LogP) is 2.63. The number of amides is 2. The lowest BCUT2D eigenvalue weighted by Gasteiger charge is -2.25. The van der Waals surface area contributed by atoms with Gasteiger partial charge in [-0.1, -0.05) is 24.3 Å². The van der Waals surface area contributed by atoms with E-state index in [-0.39, 0.29) is 30.0 Å². The average molecular weight is 359 g/mol. The minimum Gasteiger partial charge on any atom is -0.478 e. The molecule has 0 heterocycles. The Balaban J connectivity index is 1.86. The molecule has 2 aromatic carbocycles. The van der Waals surface area contributed by atoms with Crippen LogP contribution in [-0.4, -0.2) is 42.6 Å². The van der Waals surface area contributed by atoms with E-state index in [2.05, 4.69) is 10.6 Å². The highest BCUT2D eigenvalue weighted by Gasteiger charge is 2.15. The smallest absolute Gasteiger partial charge is 0.335 e. The van der Waals surface area contributed by atoms with Gasteiger partial charge >= 0.3 is 12.0 Å². The summed E-state index contributed by atoms with van der Waals surface area (Å²) in [7, 11) is 3.77. The minimum absolute atomic E-state index is 0.0869. The monoisotopic (exact) mass is 359 g/mol. The zero-order valence-corrected chi connectivity index (χ0v) is 14.7. The Bertz CT molecular complexity index is 746. The molecule has 0 fully saturated rings. The summed E-state index contributed by atoms with van der Waals surface area (Å²) in [5.41, 5.74) is 1.90. The number of nitrogens with zero attached hydrogens (tertiary/aromatic N) is 1. The fraction of sp³-hybridized carbons (Fsp3) is 0.263. The topological polar surface area (TPSA) is 81.7 Å². The lowest BCUT2D eigenvalue weighted by molar-refractivity contribution is 0.0697. The van der Waals surface area contributed by atoms with Gasteiger partial charge in [-0.3, -0.25) is 0 Å². The molecule has 1 atom stereocenters. The Morgan fingerprint density at radius 3 is 2.19 bits per heavy atom. The van der Waals surface area contributed by atoms with Crippen LogP contribution in [-0.2, 0) is 6.54 Å². The molecule has 0 saturated carbocycles. The normalized spacial score (nSPS) is 11.8. The largest absolute Gasteiger partial charge is 0.478 e. The average Bonchev–Trinajstić information content (AvgIpc) is 2.61. The molecule has 2 amide bonds. The molecule has 3 N–H and O–H groups in total. The number of carboxylic acid groups (broad SMARTS) is 1. The first-order chi connectivity index (χ1) is 12.4. The second-order valence-electron chi connectivity index (χ2n) is 6.10. The molecule has 2 rings (SSSR count). The van der Waals surface area contributed by atoms with Crippen LogP contribution >= 0.6 is 0 Å². The summed E-state index contributed by atoms with van der Waals surface area (Å²) >= 11 is 0. The lowest BCUT2D eigenvalue weighted by Crippen LogP contribution is -2.40. The Hall–Kier alpha value is -2.93. The van der Waals surface area contributed by atoms with Crippen LogP contribution in [0.5, 0.6) is 0 Å². The third-order valence-electron chi connectivity index (χ3n) is 3.99. The number of likely N-dealkylation sites (N-methyl/N-ethyl adjacent to an activating group) is 1. The Kier molecular flexibility index (Phi) is 6.68. The highest BCUT2D eigenvalue weighted by Crippen LogP contribution is 2.17. The number of aromatic carboxylic acids is 1. The molecule has 0 spiro atoms. The molecule has 0 aromatic heterocycles. The number of hydrogen-bond donors (Lipinski definition) is 3. The molecule has 0 bridgehead atoms. The van der Waals surface area contributed by atoms with Crippen molar-refractivity contribution in [2.24, 2.45) is 0 Å². The van der Waals surface area contributed by atoms with Crippen molar-refractivity contribution in [3.05, 3.63) is 71.0 Å². The summed E-state index contributed by atoms with van der Waals surface area (Å²) in [6, 6.07) is 12.1. The second kappa shape index (κ2) is 8.96. The number of urea groups is 1. The minimum atomic E-state index is -0.988. The number of carbonyl (C=O) groups excluding carboxylic acids is 1. The predicted molar refractivity (Wildman–Crippen MR) is 96.5 cm³/mol. The molecule has 0 saturated heterocycles. The molecule has 0 aliphatic heterocycles. The molecule has 0 aliphatic rings. The van der Waals surface area contributed by atoms with Gasteiger partial charge in [-0.15, -0.1) is 0 Å². The van der Waals surface area contributed by atoms with Gasteiger partial charge in [-0.2, -0.15) is 0 Å². The molecular formula is C19H22FN3O3. The van der Waals surface area contributed by atoms with Crippen molar-refractivity contribution in [2.75, 3.05) is 20.6 Å². The zero-order chi connectivity index (χ0) is 19.1. The molecule has 7 heteroatoms. The van der Waals surface area contributed by atoms with Gasteiger partial charge in [0.15, 0.2) is 0 Å². The van der Waals surface area contributed by atoms with Gasteiger partial charge in [0.05, 0.1) is 11.6 Å². The molecule has 0 radical (unpaired) electrons. The van der Waals surface area contributed by atoms with Gasteiger partial charge in [0.2, 0.25) is 0 Å². The number of halogens is 1. The van der Waals surface area contributed by atoms with Crippen molar-refractivity contribution < 1.29 is 19.1 Å². The highest BCUT2D eigenvalue weighted by molar-refractivity contribution is 5.87. The van der Waals surface area contributed by atoms with Crippen LogP contribution in [0.4, 0.5) is 9.18 Å². The van der Waals surface area contributed by atoms with E-state index in [9.17, 15) is 14.0 Å². The quantitative estimate of drug-likeness (QED) is 0.710. The van der Waals surface area contributed by atoms with E-state index in [1.54, 1.807) is 24.3 Å². The Morgan fingerprint density at radius 1 is 1.04 bits per heavy atom. The van der Waals surface area contributed by atoms with E-state index >= 15 is 0 Å². The molecular weight excluding hydrogens is 337 g/mol. The first-order valence-electron chi connectivity index (χ1n) is 8.12. The summed E-state index contributed by atoms with van der Waals surface area (Å²) in [6.07, 6.45) is 0. The van der Waals surface area contributed by atoms with Gasteiger partial charge in [0.25, 0.3) is 0 Å². The van der Waals surface area contributed by atoms with E-state index in [4.69, 9.17) is 5.11 Å². The molecule has 6 nitrogen and oxygen atoms in total. The molecule has 26 heavy (non-hydrogen) atoms. The first-order valence-corrected chi connectivity index (χ1v) is 8.12. The van der Waals surface area contributed by atoms with Gasteiger partial charge in [0, 0.05) is 13.1 Å². The van der Waals surface area contributed by atoms with Crippen LogP contribution in [0.1, 0.15) is 27.5 Å². The van der Waals surface area contributed by atoms with Crippen molar-refractivity contribution in [1.29, 1.82) is 0 Å². The Morgan fingerprint density at radius 2 is 1.65 bits per heavy atom. The van der Waals surface area contributed by atoms with E-state index in [1.807, 2.05) is 19.0 Å². The van der Waals surface area contributed by atoms with E-state index in [0.717, 1.165) is 11.1 Å². The third kappa shape index (κ3) is 5.56. The van der Waals surface area contributed by atoms with E-state index in [0.29, 0.717) is 6.54 Å². The zero-order valence-electron chi connectivity index (χ0n) is 14.7. The van der Waals surface area contributed by atoms with Crippen LogP contribution in [0.25, 0.3) is 0 Å². The number of carboxylic acids is 1. The van der Waals surface area contributed by atoms with Gasteiger partial charge < -0.3 is 20.6 Å². The van der Waals surface area contributed by atoms with E-state index < -0.39 is 5.97 Å². The van der Waals surface area contributed by atoms with Crippen molar-refractivity contribution in [3.63, 3.8) is 0 Å². The van der Waals surface area contributed by atoms with Crippen molar-refractivity contribution in [3.8, 4) is 0 Å². The molecule has 138 valence electrons. The molecule has 2 aromatic rings. The maximum Gasteiger partial charge on any atom is 0.335 e. The van der Waals surface area contributed by atoms with Crippen LogP contribution in [0.3, 0.4) is 0 Å². The fourth-order valence-corrected chi connectivity index (χ4v) is 2.48. The van der Waals surface area contributed by atoms with Crippen molar-refractivity contribution in [2.45, 2.75) is 12.6 Å². The number of benzene rings is 2. The summed E-state index contributed by atoms with van der Waals surface area (Å²) in [6.45, 7) is 0.650. The van der Waals surface area contributed by atoms with Gasteiger partial charge in [-0.05, 0) is 49.5 Å². The van der Waals surface area contributed by atoms with Crippen LogP contribution in [0, 0.1) is 5.82 Å². The maximum atomic E-state index is 13.1. The third-order valence-corrected chi connectivity index (χ3v) is 3.99. The maximum absolute atomic E-state index is 13.1. The fourth-order valence-electron chi connectivity index (χ4n) is 2.48. The first kappa shape index (κ1) is 19.4. The summed E-state index contributed by atoms with van der Waals surface area (Å²) < 4.78 is 13.1. The molecule has 0 aliphatic carbocycles. The van der Waals surface area contributed by atoms with Crippen LogP contribution in [0.15, 0.2) is 48.5 Å². The SMILES string of the molecule is CN(C)C(CNC(=O)NCc1ccc(C(=O)O)cc1)c1ccc(F)cc1. The number of nitrogens with one attached hydrogen (secondary N) is 2. The molecule has 1 unspecified atom stereocenters. The summed E-state index contributed by atoms with van der Waals surface area (Å²) in [5.74, 6) is -1.29. The van der Waals surface area contributed by atoms with Gasteiger partial charge in [0.1, 0.15) is 5.82 Å². The lowest BCUT2D eigenvalue weighted by atomic mass is 10.1. The number of rotatable bonds is 7. The summed E-state index contributed by atoms with van der Waals surface area (Å²) in [4.78, 5) is 24.8. The van der Waals surface area contributed by atoms with Crippen LogP contribution in [0.2, 0.25) is 0 Å². The van der Waals surface area contributed by atoms with Gasteiger partial charge in [-0.25, -0.2) is 14.0 Å². The second-order valence-corrected chi connectivity index (χ2v) is 6.10. The number of hydrogen-bond acceptors (Lipinski definition) is 3. The van der Waals surface area contributed by atoms with Crippen molar-refractivity contribution >= 4 is 12.0 Å². The number of carbonyl (C=O) groups is 2. The summed E-state index contributed by atoms with van der Waals surface area (Å²) in [5, 5.41) is 14.4. The van der Waals surface area contributed by atoms with Crippen LogP contribution < -0.4 is 10.6 Å². The van der Waals surface area contributed by atoms with E-state index in [1.165, 1.54) is 24.3 Å². The standard InChI is InChI=1S/C19H22FN3O3/c1-23(2)17(14-7-9-16(20)10-8-14)12-22-19(26)21-11-13-3-5-15(6-4-13)18(24)25/h3-10,17H,11-12H2,1-2H3,(H,24,25)(H2,21,22,26). The highest BCUT2D eigenvalue weighted by atomic mass is 19.1. The van der Waals surface area contributed by atoms with Crippen molar-refractivity contribution in [1.82, 2.24) is 15.5 Å². The Labute approximate surface area is 151 Å².